The van der Waals surface area contributed by atoms with Gasteiger partial charge in [-0.3, -0.25) is 9.78 Å². The van der Waals surface area contributed by atoms with Gasteiger partial charge in [0.25, 0.3) is 5.91 Å². The number of ether oxygens (including phenoxy) is 2. The molecule has 0 radical (unpaired) electrons. The summed E-state index contributed by atoms with van der Waals surface area (Å²) in [6.45, 7) is 4.51. The number of benzene rings is 1. The van der Waals surface area contributed by atoms with Gasteiger partial charge < -0.3 is 24.6 Å². The maximum Gasteiger partial charge on any atom is 0.409 e. The van der Waals surface area contributed by atoms with E-state index in [9.17, 15) is 9.59 Å². The molecule has 2 heterocycles. The smallest absolute Gasteiger partial charge is 0.409 e. The Morgan fingerprint density at radius 1 is 1.10 bits per heavy atom. The van der Waals surface area contributed by atoms with Crippen molar-refractivity contribution in [3.8, 4) is 5.75 Å². The van der Waals surface area contributed by atoms with Crippen LogP contribution in [0.2, 0.25) is 0 Å². The van der Waals surface area contributed by atoms with Crippen LogP contribution in [0.5, 0.6) is 5.75 Å². The number of amides is 2. The van der Waals surface area contributed by atoms with E-state index >= 15 is 0 Å². The van der Waals surface area contributed by atoms with Crippen LogP contribution >= 0.6 is 0 Å². The SMILES string of the molecule is CCOC(=O)N1CCN(C(=O)c2cc(NCc3ccccc3OC)ccn2)CC1. The lowest BCUT2D eigenvalue weighted by Crippen LogP contribution is -2.50. The van der Waals surface area contributed by atoms with Gasteiger partial charge >= 0.3 is 6.09 Å². The van der Waals surface area contributed by atoms with Crippen LogP contribution in [0.1, 0.15) is 23.0 Å². The van der Waals surface area contributed by atoms with Crippen molar-refractivity contribution >= 4 is 17.7 Å². The number of methoxy groups -OCH3 is 1. The average molecular weight is 398 g/mol. The van der Waals surface area contributed by atoms with E-state index in [1.807, 2.05) is 30.3 Å². The van der Waals surface area contributed by atoms with Crippen LogP contribution in [0.4, 0.5) is 10.5 Å². The number of pyridine rings is 1. The summed E-state index contributed by atoms with van der Waals surface area (Å²) in [4.78, 5) is 32.2. The van der Waals surface area contributed by atoms with Crippen molar-refractivity contribution in [3.63, 3.8) is 0 Å². The second-order valence-electron chi connectivity index (χ2n) is 6.57. The maximum absolute atomic E-state index is 12.8. The van der Waals surface area contributed by atoms with Crippen molar-refractivity contribution in [1.29, 1.82) is 0 Å². The number of para-hydroxylation sites is 1. The minimum Gasteiger partial charge on any atom is -0.496 e. The Kier molecular flexibility index (Phi) is 6.89. The second-order valence-corrected chi connectivity index (χ2v) is 6.57. The van der Waals surface area contributed by atoms with E-state index < -0.39 is 0 Å². The van der Waals surface area contributed by atoms with E-state index in [0.717, 1.165) is 17.0 Å². The Balaban J connectivity index is 1.59. The summed E-state index contributed by atoms with van der Waals surface area (Å²) >= 11 is 0. The third-order valence-corrected chi connectivity index (χ3v) is 4.75. The van der Waals surface area contributed by atoms with Gasteiger partial charge in [0.15, 0.2) is 0 Å². The summed E-state index contributed by atoms with van der Waals surface area (Å²) in [6, 6.07) is 11.3. The Bertz CT molecular complexity index is 850. The molecule has 154 valence electrons. The van der Waals surface area contributed by atoms with Gasteiger partial charge in [-0.15, -0.1) is 0 Å². The van der Waals surface area contributed by atoms with E-state index in [4.69, 9.17) is 9.47 Å². The monoisotopic (exact) mass is 398 g/mol. The molecule has 3 rings (SSSR count). The Hall–Kier alpha value is -3.29. The molecular weight excluding hydrogens is 372 g/mol. The lowest BCUT2D eigenvalue weighted by Gasteiger charge is -2.33. The minimum atomic E-state index is -0.333. The number of carbonyl (C=O) groups excluding carboxylic acids is 2. The van der Waals surface area contributed by atoms with E-state index in [2.05, 4.69) is 10.3 Å². The third kappa shape index (κ3) is 5.16. The first kappa shape index (κ1) is 20.4. The van der Waals surface area contributed by atoms with Crippen molar-refractivity contribution in [1.82, 2.24) is 14.8 Å². The van der Waals surface area contributed by atoms with Crippen LogP contribution in [0, 0.1) is 0 Å². The predicted octanol–water partition coefficient (Wildman–Crippen LogP) is 2.62. The third-order valence-electron chi connectivity index (χ3n) is 4.75. The van der Waals surface area contributed by atoms with Gasteiger partial charge in [-0.05, 0) is 25.1 Å². The first-order valence-corrected chi connectivity index (χ1v) is 9.65. The fourth-order valence-corrected chi connectivity index (χ4v) is 3.17. The molecule has 0 atom stereocenters. The Labute approximate surface area is 170 Å². The molecule has 0 unspecified atom stereocenters. The lowest BCUT2D eigenvalue weighted by molar-refractivity contribution is 0.0566. The first-order chi connectivity index (χ1) is 14.1. The molecule has 2 amide bonds. The molecule has 1 aromatic carbocycles. The highest BCUT2D eigenvalue weighted by atomic mass is 16.6. The molecule has 0 spiro atoms. The molecule has 1 N–H and O–H groups in total. The Morgan fingerprint density at radius 3 is 2.55 bits per heavy atom. The van der Waals surface area contributed by atoms with Crippen LogP contribution < -0.4 is 10.1 Å². The fourth-order valence-electron chi connectivity index (χ4n) is 3.17. The second kappa shape index (κ2) is 9.77. The van der Waals surface area contributed by atoms with Crippen molar-refractivity contribution < 1.29 is 19.1 Å². The largest absolute Gasteiger partial charge is 0.496 e. The zero-order chi connectivity index (χ0) is 20.6. The van der Waals surface area contributed by atoms with E-state index in [0.29, 0.717) is 45.0 Å². The van der Waals surface area contributed by atoms with Gasteiger partial charge in [-0.25, -0.2) is 4.79 Å². The molecular formula is C21H26N4O4. The Morgan fingerprint density at radius 2 is 1.83 bits per heavy atom. The standard InChI is InChI=1S/C21H26N4O4/c1-3-29-21(27)25-12-10-24(11-13-25)20(26)18-14-17(8-9-22-18)23-15-16-6-4-5-7-19(16)28-2/h4-9,14H,3,10-13,15H2,1-2H3,(H,22,23). The van der Waals surface area contributed by atoms with Crippen molar-refractivity contribution in [3.05, 3.63) is 53.9 Å². The molecule has 1 aliphatic heterocycles. The minimum absolute atomic E-state index is 0.144. The number of piperazine rings is 1. The number of hydrogen-bond acceptors (Lipinski definition) is 6. The van der Waals surface area contributed by atoms with Crippen molar-refractivity contribution in [2.75, 3.05) is 45.2 Å². The van der Waals surface area contributed by atoms with E-state index in [1.165, 1.54) is 0 Å². The summed E-state index contributed by atoms with van der Waals surface area (Å²) < 4.78 is 10.4. The quantitative estimate of drug-likeness (QED) is 0.805. The number of nitrogens with one attached hydrogen (secondary N) is 1. The van der Waals surface area contributed by atoms with Gasteiger partial charge in [-0.1, -0.05) is 18.2 Å². The summed E-state index contributed by atoms with van der Waals surface area (Å²) in [7, 11) is 1.64. The summed E-state index contributed by atoms with van der Waals surface area (Å²) in [6.07, 6.45) is 1.28. The molecule has 1 aromatic heterocycles. The lowest BCUT2D eigenvalue weighted by atomic mass is 10.2. The number of hydrogen-bond donors (Lipinski definition) is 1. The molecule has 0 saturated carbocycles. The average Bonchev–Trinajstić information content (AvgIpc) is 2.78. The van der Waals surface area contributed by atoms with Crippen LogP contribution in [-0.2, 0) is 11.3 Å². The molecule has 1 aliphatic rings. The molecule has 0 bridgehead atoms. The number of aromatic nitrogens is 1. The molecule has 8 heteroatoms. The molecule has 29 heavy (non-hydrogen) atoms. The number of anilines is 1. The molecule has 1 saturated heterocycles. The fraction of sp³-hybridized carbons (Fsp3) is 0.381. The molecule has 1 fully saturated rings. The zero-order valence-electron chi connectivity index (χ0n) is 16.8. The first-order valence-electron chi connectivity index (χ1n) is 9.65. The normalized spacial score (nSPS) is 13.7. The van der Waals surface area contributed by atoms with E-state index in [1.54, 1.807) is 36.1 Å². The van der Waals surface area contributed by atoms with Crippen LogP contribution in [0.25, 0.3) is 0 Å². The summed E-state index contributed by atoms with van der Waals surface area (Å²) in [5.41, 5.74) is 2.20. The number of carbonyl (C=O) groups is 2. The zero-order valence-corrected chi connectivity index (χ0v) is 16.8. The van der Waals surface area contributed by atoms with Crippen LogP contribution in [-0.4, -0.2) is 66.7 Å². The highest BCUT2D eigenvalue weighted by Crippen LogP contribution is 2.19. The maximum atomic E-state index is 12.8. The van der Waals surface area contributed by atoms with E-state index in [-0.39, 0.29) is 12.0 Å². The molecule has 0 aliphatic carbocycles. The summed E-state index contributed by atoms with van der Waals surface area (Å²) in [5.74, 6) is 0.666. The highest BCUT2D eigenvalue weighted by molar-refractivity contribution is 5.93. The van der Waals surface area contributed by atoms with Crippen LogP contribution in [0.15, 0.2) is 42.6 Å². The van der Waals surface area contributed by atoms with Gasteiger partial charge in [0.05, 0.1) is 13.7 Å². The number of nitrogens with zero attached hydrogens (tertiary/aromatic N) is 3. The van der Waals surface area contributed by atoms with Gasteiger partial charge in [0.2, 0.25) is 0 Å². The van der Waals surface area contributed by atoms with Crippen molar-refractivity contribution in [2.45, 2.75) is 13.5 Å². The molecule has 2 aromatic rings. The molecule has 8 nitrogen and oxygen atoms in total. The van der Waals surface area contributed by atoms with Gasteiger partial charge in [0.1, 0.15) is 11.4 Å². The van der Waals surface area contributed by atoms with Crippen molar-refractivity contribution in [2.24, 2.45) is 0 Å². The van der Waals surface area contributed by atoms with Gasteiger partial charge in [-0.2, -0.15) is 0 Å². The summed E-state index contributed by atoms with van der Waals surface area (Å²) in [5, 5.41) is 3.31. The topological polar surface area (TPSA) is 84.0 Å². The predicted molar refractivity (Wildman–Crippen MR) is 109 cm³/mol. The number of rotatable bonds is 6. The highest BCUT2D eigenvalue weighted by Gasteiger charge is 2.26. The van der Waals surface area contributed by atoms with Gasteiger partial charge in [0, 0.05) is 50.2 Å². The van der Waals surface area contributed by atoms with Crippen LogP contribution in [0.3, 0.4) is 0 Å².